The van der Waals surface area contributed by atoms with Crippen LogP contribution in [0.5, 0.6) is 5.75 Å². The van der Waals surface area contributed by atoms with E-state index in [0.717, 1.165) is 17.9 Å². The maximum absolute atomic E-state index is 8.97. The summed E-state index contributed by atoms with van der Waals surface area (Å²) >= 11 is 0. The van der Waals surface area contributed by atoms with Crippen LogP contribution >= 0.6 is 0 Å². The molecule has 1 aromatic carbocycles. The van der Waals surface area contributed by atoms with E-state index in [1.54, 1.807) is 0 Å². The molecule has 0 radical (unpaired) electrons. The third kappa shape index (κ3) is 4.05. The topological polar surface area (TPSA) is 45.0 Å². The summed E-state index contributed by atoms with van der Waals surface area (Å²) in [4.78, 5) is 0. The lowest BCUT2D eigenvalue weighted by Gasteiger charge is -2.23. The van der Waals surface area contributed by atoms with Gasteiger partial charge >= 0.3 is 0 Å². The van der Waals surface area contributed by atoms with E-state index in [9.17, 15) is 0 Å². The summed E-state index contributed by atoms with van der Waals surface area (Å²) in [6.07, 6.45) is 0. The minimum Gasteiger partial charge on any atom is -0.491 e. The standard InChI is InChI=1S/C15H22N2O/c1-5-17-12(10-16)11-18-14-9-7-6-8-13(14)15(2,3)4/h6-9,12,17H,5,11H2,1-4H3. The molecule has 1 unspecified atom stereocenters. The number of benzene rings is 1. The Hall–Kier alpha value is -1.53. The summed E-state index contributed by atoms with van der Waals surface area (Å²) in [5.74, 6) is 0.864. The van der Waals surface area contributed by atoms with Crippen LogP contribution in [0.15, 0.2) is 24.3 Å². The number of rotatable bonds is 5. The van der Waals surface area contributed by atoms with Crippen molar-refractivity contribution in [1.82, 2.24) is 5.32 Å². The van der Waals surface area contributed by atoms with Gasteiger partial charge in [-0.15, -0.1) is 0 Å². The minimum atomic E-state index is -0.261. The van der Waals surface area contributed by atoms with Crippen molar-refractivity contribution in [2.45, 2.75) is 39.2 Å². The predicted molar refractivity (Wildman–Crippen MR) is 73.7 cm³/mol. The summed E-state index contributed by atoms with van der Waals surface area (Å²) in [6, 6.07) is 9.94. The van der Waals surface area contributed by atoms with E-state index < -0.39 is 0 Å². The molecule has 0 saturated heterocycles. The van der Waals surface area contributed by atoms with E-state index in [4.69, 9.17) is 10.00 Å². The molecule has 3 heteroatoms. The van der Waals surface area contributed by atoms with Gasteiger partial charge in [-0.25, -0.2) is 0 Å². The zero-order valence-corrected chi connectivity index (χ0v) is 11.7. The Labute approximate surface area is 110 Å². The lowest BCUT2D eigenvalue weighted by Crippen LogP contribution is -2.33. The average Bonchev–Trinajstić information content (AvgIpc) is 2.33. The summed E-state index contributed by atoms with van der Waals surface area (Å²) in [5, 5.41) is 12.0. The molecule has 0 heterocycles. The molecule has 0 spiro atoms. The summed E-state index contributed by atoms with van der Waals surface area (Å²) in [7, 11) is 0. The zero-order valence-electron chi connectivity index (χ0n) is 11.7. The quantitative estimate of drug-likeness (QED) is 0.869. The van der Waals surface area contributed by atoms with E-state index in [-0.39, 0.29) is 11.5 Å². The van der Waals surface area contributed by atoms with E-state index >= 15 is 0 Å². The van der Waals surface area contributed by atoms with Gasteiger partial charge in [-0.1, -0.05) is 45.9 Å². The highest BCUT2D eigenvalue weighted by atomic mass is 16.5. The van der Waals surface area contributed by atoms with Crippen molar-refractivity contribution in [3.8, 4) is 11.8 Å². The van der Waals surface area contributed by atoms with Crippen LogP contribution in [-0.2, 0) is 5.41 Å². The molecule has 3 nitrogen and oxygen atoms in total. The van der Waals surface area contributed by atoms with Crippen LogP contribution in [0.4, 0.5) is 0 Å². The highest BCUT2D eigenvalue weighted by Gasteiger charge is 2.19. The highest BCUT2D eigenvalue weighted by molar-refractivity contribution is 5.38. The van der Waals surface area contributed by atoms with Crippen molar-refractivity contribution < 1.29 is 4.74 Å². The largest absolute Gasteiger partial charge is 0.491 e. The van der Waals surface area contributed by atoms with Crippen LogP contribution in [-0.4, -0.2) is 19.2 Å². The molecule has 18 heavy (non-hydrogen) atoms. The van der Waals surface area contributed by atoms with E-state index in [1.165, 1.54) is 0 Å². The monoisotopic (exact) mass is 246 g/mol. The van der Waals surface area contributed by atoms with Gasteiger partial charge in [0.1, 0.15) is 18.4 Å². The van der Waals surface area contributed by atoms with Crippen LogP contribution in [0, 0.1) is 11.3 Å². The van der Waals surface area contributed by atoms with Crippen molar-refractivity contribution in [2.24, 2.45) is 0 Å². The second-order valence-corrected chi connectivity index (χ2v) is 5.30. The van der Waals surface area contributed by atoms with Gasteiger partial charge in [0.25, 0.3) is 0 Å². The molecule has 0 aromatic heterocycles. The first-order valence-corrected chi connectivity index (χ1v) is 6.34. The average molecular weight is 246 g/mol. The Bertz CT molecular complexity index is 415. The number of likely N-dealkylation sites (N-methyl/N-ethyl adjacent to an activating group) is 1. The van der Waals surface area contributed by atoms with E-state index in [2.05, 4.69) is 38.2 Å². The molecule has 0 bridgehead atoms. The molecule has 0 amide bonds. The van der Waals surface area contributed by atoms with Crippen molar-refractivity contribution in [2.75, 3.05) is 13.2 Å². The molecular formula is C15H22N2O. The smallest absolute Gasteiger partial charge is 0.130 e. The van der Waals surface area contributed by atoms with Gasteiger partial charge in [-0.3, -0.25) is 5.32 Å². The Kier molecular flexibility index (Phi) is 5.18. The van der Waals surface area contributed by atoms with Crippen molar-refractivity contribution in [3.63, 3.8) is 0 Å². The van der Waals surface area contributed by atoms with Gasteiger partial charge in [-0.2, -0.15) is 5.26 Å². The first kappa shape index (κ1) is 14.5. The van der Waals surface area contributed by atoms with Crippen LogP contribution in [0.25, 0.3) is 0 Å². The lowest BCUT2D eigenvalue weighted by molar-refractivity contribution is 0.284. The number of nitrogens with one attached hydrogen (secondary N) is 1. The number of nitriles is 1. The summed E-state index contributed by atoms with van der Waals surface area (Å²) < 4.78 is 5.78. The van der Waals surface area contributed by atoms with Crippen LogP contribution < -0.4 is 10.1 Å². The molecule has 0 fully saturated rings. The summed E-state index contributed by atoms with van der Waals surface area (Å²) in [5.41, 5.74) is 1.20. The molecule has 1 N–H and O–H groups in total. The maximum atomic E-state index is 8.97. The van der Waals surface area contributed by atoms with Crippen molar-refractivity contribution in [3.05, 3.63) is 29.8 Å². The van der Waals surface area contributed by atoms with E-state index in [1.807, 2.05) is 25.1 Å². The van der Waals surface area contributed by atoms with Crippen molar-refractivity contribution in [1.29, 1.82) is 5.26 Å². The third-order valence-electron chi connectivity index (χ3n) is 2.71. The minimum absolute atomic E-state index is 0.0386. The number of nitrogens with zero attached hydrogens (tertiary/aromatic N) is 1. The Balaban J connectivity index is 2.77. The normalized spacial score (nSPS) is 12.8. The first-order chi connectivity index (χ1) is 8.49. The number of hydrogen-bond donors (Lipinski definition) is 1. The maximum Gasteiger partial charge on any atom is 0.130 e. The zero-order chi connectivity index (χ0) is 13.6. The fraction of sp³-hybridized carbons (Fsp3) is 0.533. The fourth-order valence-corrected chi connectivity index (χ4v) is 1.77. The van der Waals surface area contributed by atoms with Crippen LogP contribution in [0.3, 0.4) is 0 Å². The molecule has 0 aliphatic rings. The molecule has 0 aliphatic carbocycles. The molecular weight excluding hydrogens is 224 g/mol. The predicted octanol–water partition coefficient (Wildman–Crippen LogP) is 2.86. The van der Waals surface area contributed by atoms with Gasteiger partial charge in [-0.05, 0) is 23.6 Å². The van der Waals surface area contributed by atoms with Crippen molar-refractivity contribution >= 4 is 0 Å². The fourth-order valence-electron chi connectivity index (χ4n) is 1.77. The van der Waals surface area contributed by atoms with E-state index in [0.29, 0.717) is 6.61 Å². The lowest BCUT2D eigenvalue weighted by atomic mass is 9.86. The molecule has 1 aromatic rings. The highest BCUT2D eigenvalue weighted by Crippen LogP contribution is 2.30. The molecule has 0 saturated carbocycles. The summed E-state index contributed by atoms with van der Waals surface area (Å²) in [6.45, 7) is 9.58. The van der Waals surface area contributed by atoms with Crippen LogP contribution in [0.2, 0.25) is 0 Å². The van der Waals surface area contributed by atoms with Gasteiger partial charge in [0.05, 0.1) is 6.07 Å². The third-order valence-corrected chi connectivity index (χ3v) is 2.71. The molecule has 0 aliphatic heterocycles. The number of ether oxygens (including phenoxy) is 1. The molecule has 1 rings (SSSR count). The Morgan fingerprint density at radius 2 is 2.00 bits per heavy atom. The van der Waals surface area contributed by atoms with Gasteiger partial charge in [0.2, 0.25) is 0 Å². The van der Waals surface area contributed by atoms with Gasteiger partial charge in [0.15, 0.2) is 0 Å². The van der Waals surface area contributed by atoms with Crippen LogP contribution in [0.1, 0.15) is 33.3 Å². The second kappa shape index (κ2) is 6.42. The second-order valence-electron chi connectivity index (χ2n) is 5.30. The first-order valence-electron chi connectivity index (χ1n) is 6.34. The molecule has 1 atom stereocenters. The van der Waals surface area contributed by atoms with Gasteiger partial charge in [0, 0.05) is 0 Å². The Morgan fingerprint density at radius 3 is 2.56 bits per heavy atom. The Morgan fingerprint density at radius 1 is 1.33 bits per heavy atom. The number of hydrogen-bond acceptors (Lipinski definition) is 3. The molecule has 98 valence electrons. The SMILES string of the molecule is CCNC(C#N)COc1ccccc1C(C)(C)C. The number of para-hydroxylation sites is 1. The van der Waals surface area contributed by atoms with Gasteiger partial charge < -0.3 is 4.74 Å².